The molecule has 1 aliphatic carbocycles. The molecule has 3 rings (SSSR count). The van der Waals surface area contributed by atoms with E-state index in [-0.39, 0.29) is 10.4 Å². The second kappa shape index (κ2) is 8.83. The first-order chi connectivity index (χ1) is 13.4. The minimum absolute atomic E-state index is 0.0167. The van der Waals surface area contributed by atoms with Crippen molar-refractivity contribution in [2.45, 2.75) is 63.8 Å². The number of alkyl halides is 1. The molecule has 0 unspecified atom stereocenters. The lowest BCUT2D eigenvalue weighted by molar-refractivity contribution is 0.311. The van der Waals surface area contributed by atoms with Crippen LogP contribution in [0.5, 0.6) is 0 Å². The van der Waals surface area contributed by atoms with Crippen molar-refractivity contribution in [2.24, 2.45) is 11.1 Å². The monoisotopic (exact) mass is 413 g/mol. The molecule has 2 atom stereocenters. The van der Waals surface area contributed by atoms with E-state index in [4.69, 9.17) is 21.3 Å². The van der Waals surface area contributed by atoms with Crippen LogP contribution in [0.15, 0.2) is 65.8 Å². The quantitative estimate of drug-likeness (QED) is 0.348. The molecule has 0 spiro atoms. The third kappa shape index (κ3) is 4.06. The lowest BCUT2D eigenvalue weighted by Crippen LogP contribution is -2.66. The Labute approximate surface area is 176 Å². The molecule has 0 saturated heterocycles. The van der Waals surface area contributed by atoms with E-state index in [0.717, 1.165) is 25.0 Å². The van der Waals surface area contributed by atoms with Gasteiger partial charge >= 0.3 is 8.32 Å². The van der Waals surface area contributed by atoms with Crippen molar-refractivity contribution in [1.29, 1.82) is 0 Å². The molecule has 0 amide bonds. The van der Waals surface area contributed by atoms with E-state index in [1.165, 1.54) is 16.8 Å². The van der Waals surface area contributed by atoms with Gasteiger partial charge in [0.1, 0.15) is 0 Å². The predicted molar refractivity (Wildman–Crippen MR) is 123 cm³/mol. The summed E-state index contributed by atoms with van der Waals surface area (Å²) in [6.07, 6.45) is 4.35. The summed E-state index contributed by atoms with van der Waals surface area (Å²) >= 11 is 6.79. The van der Waals surface area contributed by atoms with Crippen molar-refractivity contribution in [3.63, 3.8) is 0 Å². The molecule has 28 heavy (non-hydrogen) atoms. The molecule has 2 aromatic rings. The van der Waals surface area contributed by atoms with Crippen LogP contribution in [0.4, 0.5) is 0 Å². The van der Waals surface area contributed by atoms with Gasteiger partial charge in [-0.1, -0.05) is 94.8 Å². The summed E-state index contributed by atoms with van der Waals surface area (Å²) in [5.74, 6) is 0.497. The zero-order valence-corrected chi connectivity index (χ0v) is 19.2. The van der Waals surface area contributed by atoms with Crippen LogP contribution in [0.25, 0.3) is 0 Å². The zero-order chi connectivity index (χ0) is 20.2. The van der Waals surface area contributed by atoms with E-state index in [1.807, 2.05) is 0 Å². The number of hydrogen-bond donors (Lipinski definition) is 0. The van der Waals surface area contributed by atoms with Crippen molar-refractivity contribution in [1.82, 2.24) is 0 Å². The first kappa shape index (κ1) is 21.1. The summed E-state index contributed by atoms with van der Waals surface area (Å²) in [7, 11) is -2.64. The van der Waals surface area contributed by atoms with Crippen LogP contribution in [0.3, 0.4) is 0 Å². The molecule has 1 fully saturated rings. The molecule has 0 aliphatic heterocycles. The third-order valence-corrected chi connectivity index (χ3v) is 11.4. The van der Waals surface area contributed by atoms with Crippen LogP contribution >= 0.6 is 11.6 Å². The maximum Gasteiger partial charge on any atom is 0.354 e. The topological polar surface area (TPSA) is 21.6 Å². The van der Waals surface area contributed by atoms with Crippen LogP contribution in [0.1, 0.15) is 53.4 Å². The van der Waals surface area contributed by atoms with Gasteiger partial charge in [0, 0.05) is 5.04 Å². The number of nitrogens with zero attached hydrogens (tertiary/aromatic N) is 1. The number of rotatable bonds is 5. The van der Waals surface area contributed by atoms with E-state index in [9.17, 15) is 0 Å². The Morgan fingerprint density at radius 3 is 2.00 bits per heavy atom. The van der Waals surface area contributed by atoms with Gasteiger partial charge in [0.2, 0.25) is 0 Å². The van der Waals surface area contributed by atoms with Gasteiger partial charge in [-0.3, -0.25) is 0 Å². The van der Waals surface area contributed by atoms with Crippen LogP contribution in [-0.2, 0) is 4.53 Å². The molecule has 0 heterocycles. The fourth-order valence-electron chi connectivity index (χ4n) is 4.36. The first-order valence-corrected chi connectivity index (χ1v) is 12.7. The maximum atomic E-state index is 6.79. The molecule has 0 aromatic heterocycles. The molecule has 0 bridgehead atoms. The lowest BCUT2D eigenvalue weighted by Gasteiger charge is -2.40. The van der Waals surface area contributed by atoms with Crippen LogP contribution in [-0.4, -0.2) is 19.4 Å². The van der Waals surface area contributed by atoms with E-state index in [1.54, 1.807) is 0 Å². The molecule has 150 valence electrons. The lowest BCUT2D eigenvalue weighted by atomic mass is 9.86. The minimum Gasteiger partial charge on any atom is -0.443 e. The minimum atomic E-state index is -2.64. The van der Waals surface area contributed by atoms with Crippen molar-refractivity contribution in [3.8, 4) is 0 Å². The van der Waals surface area contributed by atoms with E-state index in [2.05, 4.69) is 88.4 Å². The molecule has 0 radical (unpaired) electrons. The highest BCUT2D eigenvalue weighted by molar-refractivity contribution is 6.99. The summed E-state index contributed by atoms with van der Waals surface area (Å²) in [6.45, 7) is 9.03. The van der Waals surface area contributed by atoms with Gasteiger partial charge in [-0.25, -0.2) is 0 Å². The van der Waals surface area contributed by atoms with Gasteiger partial charge in [-0.05, 0) is 35.6 Å². The van der Waals surface area contributed by atoms with Gasteiger partial charge in [0.05, 0.1) is 11.1 Å². The number of hydrogen-bond acceptors (Lipinski definition) is 2. The zero-order valence-electron chi connectivity index (χ0n) is 17.5. The number of benzene rings is 2. The van der Waals surface area contributed by atoms with E-state index >= 15 is 0 Å². The summed E-state index contributed by atoms with van der Waals surface area (Å²) < 4.78 is 6.71. The highest BCUT2D eigenvalue weighted by Gasteiger charge is 2.53. The fraction of sp³-hybridized carbons (Fsp3) is 0.458. The molecular weight excluding hydrogens is 382 g/mol. The molecule has 1 aliphatic rings. The second-order valence-electron chi connectivity index (χ2n) is 8.80. The van der Waals surface area contributed by atoms with Crippen molar-refractivity contribution >= 4 is 36.0 Å². The number of halogens is 1. The summed E-state index contributed by atoms with van der Waals surface area (Å²) in [5.41, 5.74) is 1.02. The largest absolute Gasteiger partial charge is 0.443 e. The maximum absolute atomic E-state index is 6.79. The van der Waals surface area contributed by atoms with Gasteiger partial charge < -0.3 is 4.53 Å². The SMILES string of the molecule is CC[C@@H]1CCC/C(=N/O[Si](c2ccccc2)(c2ccccc2)C(C)(C)C)[C@@H]1Cl. The average Bonchev–Trinajstić information content (AvgIpc) is 2.70. The molecular formula is C24H32ClNOSi. The Hall–Kier alpha value is -1.58. The highest BCUT2D eigenvalue weighted by atomic mass is 35.5. The Balaban J connectivity index is 2.10. The van der Waals surface area contributed by atoms with Gasteiger partial charge in [-0.2, -0.15) is 0 Å². The molecule has 2 nitrogen and oxygen atoms in total. The van der Waals surface area contributed by atoms with Gasteiger partial charge in [0.25, 0.3) is 0 Å². The highest BCUT2D eigenvalue weighted by Crippen LogP contribution is 2.37. The summed E-state index contributed by atoms with van der Waals surface area (Å²) in [5, 5.41) is 7.19. The van der Waals surface area contributed by atoms with Crippen molar-refractivity contribution < 1.29 is 4.53 Å². The van der Waals surface area contributed by atoms with Crippen molar-refractivity contribution in [3.05, 3.63) is 60.7 Å². The summed E-state index contributed by atoms with van der Waals surface area (Å²) in [6, 6.07) is 21.3. The molecule has 4 heteroatoms. The number of oxime groups is 1. The molecule has 0 N–H and O–H groups in total. The van der Waals surface area contributed by atoms with Crippen LogP contribution in [0, 0.1) is 5.92 Å². The normalized spacial score (nSPS) is 22.2. The Kier molecular flexibility index (Phi) is 6.67. The Morgan fingerprint density at radius 2 is 1.54 bits per heavy atom. The van der Waals surface area contributed by atoms with E-state index in [0.29, 0.717) is 5.92 Å². The average molecular weight is 414 g/mol. The van der Waals surface area contributed by atoms with Crippen LogP contribution < -0.4 is 10.4 Å². The fourth-order valence-corrected chi connectivity index (χ4v) is 8.94. The Morgan fingerprint density at radius 1 is 1.00 bits per heavy atom. The van der Waals surface area contributed by atoms with Crippen molar-refractivity contribution in [2.75, 3.05) is 0 Å². The predicted octanol–water partition coefficient (Wildman–Crippen LogP) is 5.74. The summed E-state index contributed by atoms with van der Waals surface area (Å²) in [4.78, 5) is 0. The molecule has 1 saturated carbocycles. The van der Waals surface area contributed by atoms with Crippen LogP contribution in [0.2, 0.25) is 5.04 Å². The second-order valence-corrected chi connectivity index (χ2v) is 13.5. The molecule has 2 aromatic carbocycles. The van der Waals surface area contributed by atoms with E-state index < -0.39 is 8.32 Å². The first-order valence-electron chi connectivity index (χ1n) is 10.4. The standard InChI is InChI=1S/C24H32ClNOSi/c1-5-19-13-12-18-22(23(19)25)26-27-28(24(2,3)4,20-14-8-6-9-15-20)21-16-10-7-11-17-21/h6-11,14-17,19,23H,5,12-13,18H2,1-4H3/b26-22-/t19-,23-/m1/s1. The van der Waals surface area contributed by atoms with Gasteiger partial charge in [0.15, 0.2) is 0 Å². The third-order valence-electron chi connectivity index (χ3n) is 5.98. The van der Waals surface area contributed by atoms with Gasteiger partial charge in [-0.15, -0.1) is 16.8 Å². The Bertz CT molecular complexity index is 746. The smallest absolute Gasteiger partial charge is 0.354 e.